The van der Waals surface area contributed by atoms with E-state index in [2.05, 4.69) is 10.2 Å². The third-order valence-corrected chi connectivity index (χ3v) is 2.21. The summed E-state index contributed by atoms with van der Waals surface area (Å²) in [5.74, 6) is -0.750. The maximum atomic E-state index is 10.3. The van der Waals surface area contributed by atoms with Crippen LogP contribution in [0.2, 0.25) is 0 Å². The van der Waals surface area contributed by atoms with E-state index in [9.17, 15) is 4.79 Å². The maximum absolute atomic E-state index is 10.3. The number of hydrogen-bond donors (Lipinski definition) is 1. The minimum absolute atomic E-state index is 0.209. The van der Waals surface area contributed by atoms with E-state index >= 15 is 0 Å². The van der Waals surface area contributed by atoms with E-state index in [1.807, 2.05) is 22.7 Å². The van der Waals surface area contributed by atoms with Gasteiger partial charge in [0.2, 0.25) is 0 Å². The second-order valence-corrected chi connectivity index (χ2v) is 3.38. The highest BCUT2D eigenvalue weighted by Crippen LogP contribution is 2.07. The van der Waals surface area contributed by atoms with Crippen LogP contribution in [-0.2, 0) is 11.2 Å². The van der Waals surface area contributed by atoms with Crippen molar-refractivity contribution in [2.75, 3.05) is 0 Å². The van der Waals surface area contributed by atoms with Gasteiger partial charge in [-0.2, -0.15) is 0 Å². The fraction of sp³-hybridized carbons (Fsp3) is 0.300. The van der Waals surface area contributed by atoms with Crippen LogP contribution < -0.4 is 0 Å². The lowest BCUT2D eigenvalue weighted by Gasteiger charge is -2.00. The zero-order valence-corrected chi connectivity index (χ0v) is 8.13. The Kier molecular flexibility index (Phi) is 2.62. The zero-order chi connectivity index (χ0) is 10.7. The molecule has 0 aliphatic carbocycles. The van der Waals surface area contributed by atoms with Gasteiger partial charge in [-0.3, -0.25) is 9.20 Å². The number of nitrogens with zero attached hydrogens (tertiary/aromatic N) is 3. The maximum Gasteiger partial charge on any atom is 0.303 e. The SMILES string of the molecule is O=C(O)CCCc1ccc2nncn2c1. The van der Waals surface area contributed by atoms with Crippen LogP contribution in [-0.4, -0.2) is 25.7 Å². The molecule has 15 heavy (non-hydrogen) atoms. The van der Waals surface area contributed by atoms with Crippen molar-refractivity contribution in [1.82, 2.24) is 14.6 Å². The molecule has 0 aromatic carbocycles. The first kappa shape index (κ1) is 9.64. The Morgan fingerprint density at radius 2 is 2.33 bits per heavy atom. The molecular formula is C10H11N3O2. The number of hydrogen-bond acceptors (Lipinski definition) is 3. The summed E-state index contributed by atoms with van der Waals surface area (Å²) in [5, 5.41) is 16.2. The summed E-state index contributed by atoms with van der Waals surface area (Å²) in [4.78, 5) is 10.3. The van der Waals surface area contributed by atoms with Crippen LogP contribution >= 0.6 is 0 Å². The summed E-state index contributed by atoms with van der Waals surface area (Å²) in [6, 6.07) is 3.83. The molecule has 0 bridgehead atoms. The molecule has 5 heteroatoms. The Bertz CT molecular complexity index is 478. The lowest BCUT2D eigenvalue weighted by molar-refractivity contribution is -0.137. The van der Waals surface area contributed by atoms with Gasteiger partial charge in [0, 0.05) is 12.6 Å². The summed E-state index contributed by atoms with van der Waals surface area (Å²) >= 11 is 0. The van der Waals surface area contributed by atoms with Crippen molar-refractivity contribution in [3.63, 3.8) is 0 Å². The molecule has 0 saturated carbocycles. The van der Waals surface area contributed by atoms with E-state index in [-0.39, 0.29) is 6.42 Å². The summed E-state index contributed by atoms with van der Waals surface area (Å²) in [6.07, 6.45) is 5.19. The number of carboxylic acids is 1. The van der Waals surface area contributed by atoms with Crippen LogP contribution in [0.1, 0.15) is 18.4 Å². The predicted molar refractivity (Wildman–Crippen MR) is 53.6 cm³/mol. The van der Waals surface area contributed by atoms with E-state index in [1.54, 1.807) is 6.33 Å². The minimum Gasteiger partial charge on any atom is -0.481 e. The van der Waals surface area contributed by atoms with Gasteiger partial charge in [0.25, 0.3) is 0 Å². The van der Waals surface area contributed by atoms with Crippen LogP contribution in [0.4, 0.5) is 0 Å². The number of aliphatic carboxylic acids is 1. The normalized spacial score (nSPS) is 10.7. The van der Waals surface area contributed by atoms with Gasteiger partial charge in [0.1, 0.15) is 6.33 Å². The van der Waals surface area contributed by atoms with Crippen LogP contribution in [0.3, 0.4) is 0 Å². The average molecular weight is 205 g/mol. The zero-order valence-electron chi connectivity index (χ0n) is 8.13. The van der Waals surface area contributed by atoms with Crippen molar-refractivity contribution in [2.45, 2.75) is 19.3 Å². The average Bonchev–Trinajstić information content (AvgIpc) is 2.64. The molecule has 2 rings (SSSR count). The van der Waals surface area contributed by atoms with E-state index in [0.29, 0.717) is 6.42 Å². The molecule has 2 aromatic heterocycles. The van der Waals surface area contributed by atoms with Crippen LogP contribution in [0.25, 0.3) is 5.65 Å². The highest BCUT2D eigenvalue weighted by molar-refractivity contribution is 5.66. The number of fused-ring (bicyclic) bond motifs is 1. The number of aromatic nitrogens is 3. The largest absolute Gasteiger partial charge is 0.481 e. The third kappa shape index (κ3) is 2.31. The van der Waals surface area contributed by atoms with E-state index in [0.717, 1.165) is 17.6 Å². The molecule has 2 heterocycles. The Morgan fingerprint density at radius 3 is 3.13 bits per heavy atom. The van der Waals surface area contributed by atoms with Crippen molar-refractivity contribution in [1.29, 1.82) is 0 Å². The quantitative estimate of drug-likeness (QED) is 0.812. The molecule has 0 radical (unpaired) electrons. The van der Waals surface area contributed by atoms with Crippen molar-refractivity contribution in [3.05, 3.63) is 30.2 Å². The van der Waals surface area contributed by atoms with Gasteiger partial charge in [-0.1, -0.05) is 6.07 Å². The molecule has 0 aliphatic rings. The van der Waals surface area contributed by atoms with Crippen molar-refractivity contribution in [3.8, 4) is 0 Å². The van der Waals surface area contributed by atoms with Crippen molar-refractivity contribution in [2.24, 2.45) is 0 Å². The number of aryl methyl sites for hydroxylation is 1. The summed E-state index contributed by atoms with van der Waals surface area (Å²) < 4.78 is 1.83. The smallest absolute Gasteiger partial charge is 0.303 e. The van der Waals surface area contributed by atoms with Gasteiger partial charge in [-0.25, -0.2) is 0 Å². The van der Waals surface area contributed by atoms with Crippen LogP contribution in [0.15, 0.2) is 24.7 Å². The minimum atomic E-state index is -0.750. The molecule has 5 nitrogen and oxygen atoms in total. The van der Waals surface area contributed by atoms with Gasteiger partial charge < -0.3 is 5.11 Å². The Hall–Kier alpha value is -1.91. The number of carbonyl (C=O) groups is 1. The van der Waals surface area contributed by atoms with Gasteiger partial charge in [-0.15, -0.1) is 10.2 Å². The van der Waals surface area contributed by atoms with Gasteiger partial charge >= 0.3 is 5.97 Å². The first-order valence-electron chi connectivity index (χ1n) is 4.76. The molecule has 0 saturated heterocycles. The van der Waals surface area contributed by atoms with Crippen LogP contribution in [0, 0.1) is 0 Å². The Balaban J connectivity index is 2.04. The number of rotatable bonds is 4. The summed E-state index contributed by atoms with van der Waals surface area (Å²) in [7, 11) is 0. The first-order valence-corrected chi connectivity index (χ1v) is 4.76. The molecule has 0 spiro atoms. The van der Waals surface area contributed by atoms with Gasteiger partial charge in [0.15, 0.2) is 5.65 Å². The molecule has 1 N–H and O–H groups in total. The molecule has 0 atom stereocenters. The van der Waals surface area contributed by atoms with Crippen LogP contribution in [0.5, 0.6) is 0 Å². The lowest BCUT2D eigenvalue weighted by atomic mass is 10.1. The number of pyridine rings is 1. The van der Waals surface area contributed by atoms with E-state index in [1.165, 1.54) is 0 Å². The fourth-order valence-corrected chi connectivity index (χ4v) is 1.47. The monoisotopic (exact) mass is 205 g/mol. The molecule has 0 amide bonds. The molecule has 0 fully saturated rings. The fourth-order valence-electron chi connectivity index (χ4n) is 1.47. The lowest BCUT2D eigenvalue weighted by Crippen LogP contribution is -1.96. The molecular weight excluding hydrogens is 194 g/mol. The second kappa shape index (κ2) is 4.08. The molecule has 78 valence electrons. The highest BCUT2D eigenvalue weighted by Gasteiger charge is 2.00. The molecule has 2 aromatic rings. The van der Waals surface area contributed by atoms with Gasteiger partial charge in [0.05, 0.1) is 0 Å². The topological polar surface area (TPSA) is 67.5 Å². The van der Waals surface area contributed by atoms with E-state index < -0.39 is 5.97 Å². The molecule has 0 aliphatic heterocycles. The third-order valence-electron chi connectivity index (χ3n) is 2.21. The molecule has 0 unspecified atom stereocenters. The predicted octanol–water partition coefficient (Wildman–Crippen LogP) is 1.14. The Labute approximate surface area is 86.4 Å². The summed E-state index contributed by atoms with van der Waals surface area (Å²) in [6.45, 7) is 0. The second-order valence-electron chi connectivity index (χ2n) is 3.38. The van der Waals surface area contributed by atoms with Crippen molar-refractivity contribution < 1.29 is 9.90 Å². The highest BCUT2D eigenvalue weighted by atomic mass is 16.4. The summed E-state index contributed by atoms with van der Waals surface area (Å²) in [5.41, 5.74) is 1.90. The van der Waals surface area contributed by atoms with Gasteiger partial charge in [-0.05, 0) is 24.5 Å². The first-order chi connectivity index (χ1) is 7.25. The Morgan fingerprint density at radius 1 is 1.47 bits per heavy atom. The number of carboxylic acid groups (broad SMARTS) is 1. The van der Waals surface area contributed by atoms with Crippen molar-refractivity contribution >= 4 is 11.6 Å². The van der Waals surface area contributed by atoms with E-state index in [4.69, 9.17) is 5.11 Å². The standard InChI is InChI=1S/C10H11N3O2/c14-10(15)3-1-2-8-4-5-9-12-11-7-13(9)6-8/h4-7H,1-3H2,(H,14,15).